The molecule has 3 rings (SSSR count). The average Bonchev–Trinajstić information content (AvgIpc) is 3.18. The first-order chi connectivity index (χ1) is 10.6. The zero-order valence-electron chi connectivity index (χ0n) is 11.4. The predicted molar refractivity (Wildman–Crippen MR) is 82.5 cm³/mol. The summed E-state index contributed by atoms with van der Waals surface area (Å²) in [5.41, 5.74) is 6.44. The summed E-state index contributed by atoms with van der Waals surface area (Å²) in [4.78, 5) is 16.6. The molecule has 0 radical (unpaired) electrons. The number of rotatable bonds is 5. The van der Waals surface area contributed by atoms with Gasteiger partial charge in [0, 0.05) is 0 Å². The lowest BCUT2D eigenvalue weighted by Crippen LogP contribution is -2.14. The van der Waals surface area contributed by atoms with Gasteiger partial charge in [-0.3, -0.25) is 10.1 Å². The molecular weight excluding hydrogens is 326 g/mol. The van der Waals surface area contributed by atoms with Gasteiger partial charge in [-0.25, -0.2) is 5.10 Å². The number of thioether (sulfide) groups is 1. The average molecular weight is 337 g/mol. The fourth-order valence-corrected chi connectivity index (χ4v) is 3.02. The van der Waals surface area contributed by atoms with E-state index in [1.807, 2.05) is 18.4 Å². The van der Waals surface area contributed by atoms with Crippen LogP contribution in [0.5, 0.6) is 0 Å². The Hall–Kier alpha value is -2.40. The Morgan fingerprint density at radius 2 is 2.41 bits per heavy atom. The van der Waals surface area contributed by atoms with Gasteiger partial charge in [-0.2, -0.15) is 4.98 Å². The number of hydrogen-bond donors (Lipinski definition) is 3. The van der Waals surface area contributed by atoms with Crippen molar-refractivity contribution < 1.29 is 9.21 Å². The number of aromatic nitrogens is 5. The zero-order valence-corrected chi connectivity index (χ0v) is 13.0. The van der Waals surface area contributed by atoms with Gasteiger partial charge >= 0.3 is 6.01 Å². The number of H-pyrrole nitrogens is 1. The Balaban J connectivity index is 1.58. The fraction of sp³-hybridized carbons (Fsp3) is 0.182. The molecule has 0 unspecified atom stereocenters. The first-order valence-electron chi connectivity index (χ1n) is 6.10. The molecule has 1 amide bonds. The third-order valence-electron chi connectivity index (χ3n) is 2.54. The van der Waals surface area contributed by atoms with Crippen LogP contribution in [-0.4, -0.2) is 37.0 Å². The normalized spacial score (nSPS) is 10.8. The van der Waals surface area contributed by atoms with Crippen molar-refractivity contribution in [3.63, 3.8) is 0 Å². The van der Waals surface area contributed by atoms with Gasteiger partial charge in [0.1, 0.15) is 0 Å². The minimum atomic E-state index is -0.300. The van der Waals surface area contributed by atoms with Gasteiger partial charge in [0.2, 0.25) is 17.0 Å². The molecule has 0 aliphatic heterocycles. The molecule has 3 aromatic rings. The highest BCUT2D eigenvalue weighted by Gasteiger charge is 2.14. The quantitative estimate of drug-likeness (QED) is 0.596. The highest BCUT2D eigenvalue weighted by Crippen LogP contribution is 2.28. The van der Waals surface area contributed by atoms with E-state index < -0.39 is 0 Å². The van der Waals surface area contributed by atoms with Crippen molar-refractivity contribution in [2.75, 3.05) is 16.8 Å². The molecule has 3 heterocycles. The standard InChI is InChI=1S/C11H11N7O2S2/c1-5-2-3-21-7(5)8-15-17-10(20-8)13-6(19)4-22-11-14-9(12)16-18-11/h2-3H,4H2,1H3,(H,13,17,19)(H3,12,14,16,18). The molecule has 4 N–H and O–H groups in total. The predicted octanol–water partition coefficient (Wildman–Crippen LogP) is 1.54. The summed E-state index contributed by atoms with van der Waals surface area (Å²) in [6.45, 7) is 1.95. The minimum absolute atomic E-state index is 0.0582. The van der Waals surface area contributed by atoms with Gasteiger partial charge in [-0.05, 0) is 23.9 Å². The molecular formula is C11H11N7O2S2. The lowest BCUT2D eigenvalue weighted by molar-refractivity contribution is -0.113. The molecule has 0 aromatic carbocycles. The third kappa shape index (κ3) is 3.26. The molecule has 0 bridgehead atoms. The van der Waals surface area contributed by atoms with Crippen LogP contribution in [0, 0.1) is 6.92 Å². The van der Waals surface area contributed by atoms with E-state index >= 15 is 0 Å². The van der Waals surface area contributed by atoms with E-state index in [-0.39, 0.29) is 23.6 Å². The number of thiophene rings is 1. The molecule has 0 spiro atoms. The van der Waals surface area contributed by atoms with E-state index in [2.05, 4.69) is 30.7 Å². The highest BCUT2D eigenvalue weighted by atomic mass is 32.2. The molecule has 0 saturated carbocycles. The first kappa shape index (κ1) is 14.5. The lowest BCUT2D eigenvalue weighted by Gasteiger charge is -1.97. The van der Waals surface area contributed by atoms with E-state index in [4.69, 9.17) is 10.2 Å². The van der Waals surface area contributed by atoms with Crippen LogP contribution < -0.4 is 11.1 Å². The van der Waals surface area contributed by atoms with Crippen LogP contribution in [0.4, 0.5) is 12.0 Å². The van der Waals surface area contributed by atoms with Crippen molar-refractivity contribution in [3.8, 4) is 10.8 Å². The molecule has 0 saturated heterocycles. The SMILES string of the molecule is Cc1ccsc1-c1nnc(NC(=O)CSc2n[nH]c(N)n2)o1. The first-order valence-corrected chi connectivity index (χ1v) is 7.97. The second-order valence-corrected chi connectivity index (χ2v) is 6.04. The number of aromatic amines is 1. The van der Waals surface area contributed by atoms with E-state index in [0.717, 1.165) is 22.2 Å². The molecule has 3 aromatic heterocycles. The summed E-state index contributed by atoms with van der Waals surface area (Å²) >= 11 is 2.64. The fourth-order valence-electron chi connectivity index (χ4n) is 1.57. The molecule has 114 valence electrons. The number of aryl methyl sites for hydroxylation is 1. The number of anilines is 2. The monoisotopic (exact) mass is 337 g/mol. The van der Waals surface area contributed by atoms with Gasteiger partial charge in [0.25, 0.3) is 5.89 Å². The molecule has 0 aliphatic rings. The Morgan fingerprint density at radius 1 is 1.55 bits per heavy atom. The number of hydrogen-bond acceptors (Lipinski definition) is 9. The van der Waals surface area contributed by atoms with Crippen molar-refractivity contribution in [2.24, 2.45) is 0 Å². The summed E-state index contributed by atoms with van der Waals surface area (Å²) in [5.74, 6) is 0.395. The van der Waals surface area contributed by atoms with Gasteiger partial charge in [-0.1, -0.05) is 16.9 Å². The van der Waals surface area contributed by atoms with Crippen molar-refractivity contribution in [3.05, 3.63) is 17.0 Å². The Kier molecular flexibility index (Phi) is 4.06. The van der Waals surface area contributed by atoms with Crippen molar-refractivity contribution >= 4 is 41.0 Å². The molecule has 0 atom stereocenters. The maximum atomic E-state index is 11.8. The number of amides is 1. The summed E-state index contributed by atoms with van der Waals surface area (Å²) in [6.07, 6.45) is 0. The van der Waals surface area contributed by atoms with E-state index in [1.54, 1.807) is 0 Å². The number of carbonyl (C=O) groups excluding carboxylic acids is 1. The van der Waals surface area contributed by atoms with Gasteiger partial charge < -0.3 is 10.2 Å². The van der Waals surface area contributed by atoms with Crippen LogP contribution in [0.1, 0.15) is 5.56 Å². The number of nitrogens with one attached hydrogen (secondary N) is 2. The second-order valence-electron chi connectivity index (χ2n) is 4.19. The molecule has 22 heavy (non-hydrogen) atoms. The van der Waals surface area contributed by atoms with Crippen LogP contribution in [0.2, 0.25) is 0 Å². The Bertz CT molecular complexity index is 794. The third-order valence-corrected chi connectivity index (χ3v) is 4.39. The van der Waals surface area contributed by atoms with Crippen LogP contribution in [0.25, 0.3) is 10.8 Å². The van der Waals surface area contributed by atoms with Gasteiger partial charge in [0.15, 0.2) is 0 Å². The number of carbonyl (C=O) groups is 1. The number of nitrogen functional groups attached to an aromatic ring is 1. The van der Waals surface area contributed by atoms with Crippen molar-refractivity contribution in [1.82, 2.24) is 25.4 Å². The summed E-state index contributed by atoms with van der Waals surface area (Å²) in [7, 11) is 0. The zero-order chi connectivity index (χ0) is 15.5. The van der Waals surface area contributed by atoms with Crippen LogP contribution in [-0.2, 0) is 4.79 Å². The molecule has 9 nitrogen and oxygen atoms in total. The molecule has 0 aliphatic carbocycles. The van der Waals surface area contributed by atoms with E-state index in [0.29, 0.717) is 11.0 Å². The molecule has 11 heteroatoms. The number of nitrogens with zero attached hydrogens (tertiary/aromatic N) is 4. The largest absolute Gasteiger partial charge is 0.402 e. The smallest absolute Gasteiger partial charge is 0.322 e. The van der Waals surface area contributed by atoms with Crippen LogP contribution >= 0.6 is 23.1 Å². The maximum absolute atomic E-state index is 11.8. The van der Waals surface area contributed by atoms with Crippen LogP contribution in [0.15, 0.2) is 21.0 Å². The Labute approximate surface area is 132 Å². The van der Waals surface area contributed by atoms with E-state index in [1.165, 1.54) is 11.3 Å². The summed E-state index contributed by atoms with van der Waals surface area (Å²) in [5, 5.41) is 18.9. The van der Waals surface area contributed by atoms with Crippen molar-refractivity contribution in [2.45, 2.75) is 12.1 Å². The molecule has 0 fully saturated rings. The minimum Gasteiger partial charge on any atom is -0.402 e. The Morgan fingerprint density at radius 3 is 3.09 bits per heavy atom. The second kappa shape index (κ2) is 6.15. The van der Waals surface area contributed by atoms with E-state index in [9.17, 15) is 4.79 Å². The highest BCUT2D eigenvalue weighted by molar-refractivity contribution is 7.99. The maximum Gasteiger partial charge on any atom is 0.322 e. The van der Waals surface area contributed by atoms with Gasteiger partial charge in [0.05, 0.1) is 10.6 Å². The lowest BCUT2D eigenvalue weighted by atomic mass is 10.3. The van der Waals surface area contributed by atoms with Gasteiger partial charge in [-0.15, -0.1) is 21.5 Å². The summed E-state index contributed by atoms with van der Waals surface area (Å²) in [6, 6.07) is 2.02. The number of nitrogens with two attached hydrogens (primary N) is 1. The topological polar surface area (TPSA) is 136 Å². The van der Waals surface area contributed by atoms with Crippen LogP contribution in [0.3, 0.4) is 0 Å². The van der Waals surface area contributed by atoms with Crippen molar-refractivity contribution in [1.29, 1.82) is 0 Å². The summed E-state index contributed by atoms with van der Waals surface area (Å²) < 4.78 is 5.43.